The number of amides is 1. The summed E-state index contributed by atoms with van der Waals surface area (Å²) in [4.78, 5) is 21.7. The van der Waals surface area contributed by atoms with Crippen molar-refractivity contribution < 1.29 is 4.79 Å². The maximum absolute atomic E-state index is 12.8. The van der Waals surface area contributed by atoms with E-state index in [4.69, 9.17) is 4.98 Å². The van der Waals surface area contributed by atoms with Gasteiger partial charge in [-0.05, 0) is 31.5 Å². The number of aryl methyl sites for hydroxylation is 1. The lowest BCUT2D eigenvalue weighted by Gasteiger charge is -2.21. The Balaban J connectivity index is 1.83. The maximum Gasteiger partial charge on any atom is 0.274 e. The third-order valence-electron chi connectivity index (χ3n) is 5.03. The van der Waals surface area contributed by atoms with Crippen LogP contribution in [0, 0.1) is 0 Å². The van der Waals surface area contributed by atoms with Crippen molar-refractivity contribution in [2.24, 2.45) is 7.05 Å². The second-order valence-corrected chi connectivity index (χ2v) is 6.99. The van der Waals surface area contributed by atoms with Gasteiger partial charge in [-0.2, -0.15) is 5.10 Å². The summed E-state index contributed by atoms with van der Waals surface area (Å²) >= 11 is 0. The van der Waals surface area contributed by atoms with E-state index in [0.717, 1.165) is 43.0 Å². The number of nitrogens with zero attached hydrogens (tertiary/aromatic N) is 5. The highest BCUT2D eigenvalue weighted by atomic mass is 16.2. The summed E-state index contributed by atoms with van der Waals surface area (Å²) in [7, 11) is 3.68. The van der Waals surface area contributed by atoms with Crippen molar-refractivity contribution in [1.29, 1.82) is 0 Å². The fourth-order valence-electron chi connectivity index (χ4n) is 3.46. The van der Waals surface area contributed by atoms with Gasteiger partial charge in [0.15, 0.2) is 11.3 Å². The predicted octanol–water partition coefficient (Wildman–Crippen LogP) is 2.03. The second kappa shape index (κ2) is 8.49. The molecule has 26 heavy (non-hydrogen) atoms. The van der Waals surface area contributed by atoms with Crippen LogP contribution in [-0.2, 0) is 7.05 Å². The van der Waals surface area contributed by atoms with Crippen molar-refractivity contribution in [3.05, 3.63) is 17.8 Å². The molecule has 1 fully saturated rings. The Bertz CT molecular complexity index is 748. The summed E-state index contributed by atoms with van der Waals surface area (Å²) in [5, 5.41) is 8.53. The summed E-state index contributed by atoms with van der Waals surface area (Å²) in [6, 6.07) is 4.03. The van der Waals surface area contributed by atoms with Crippen LogP contribution in [0.3, 0.4) is 0 Å². The van der Waals surface area contributed by atoms with Crippen LogP contribution in [-0.4, -0.2) is 65.3 Å². The van der Waals surface area contributed by atoms with E-state index < -0.39 is 0 Å². The Kier molecular flexibility index (Phi) is 6.08. The molecule has 1 saturated heterocycles. The first-order valence-electron chi connectivity index (χ1n) is 9.66. The van der Waals surface area contributed by atoms with Crippen molar-refractivity contribution >= 4 is 22.8 Å². The van der Waals surface area contributed by atoms with Gasteiger partial charge < -0.3 is 15.1 Å². The molecule has 3 rings (SSSR count). The molecule has 0 saturated carbocycles. The molecular formula is C19H30N6O. The van der Waals surface area contributed by atoms with Crippen LogP contribution < -0.4 is 10.2 Å². The Morgan fingerprint density at radius 1 is 1.23 bits per heavy atom. The molecule has 1 amide bonds. The van der Waals surface area contributed by atoms with Gasteiger partial charge in [-0.15, -0.1) is 0 Å². The van der Waals surface area contributed by atoms with E-state index in [9.17, 15) is 4.79 Å². The summed E-state index contributed by atoms with van der Waals surface area (Å²) < 4.78 is 1.72. The van der Waals surface area contributed by atoms with Gasteiger partial charge in [-0.25, -0.2) is 9.67 Å². The highest BCUT2D eigenvalue weighted by Gasteiger charge is 2.21. The zero-order valence-corrected chi connectivity index (χ0v) is 16.2. The minimum absolute atomic E-state index is 0.0576. The lowest BCUT2D eigenvalue weighted by molar-refractivity contribution is 0.0791. The van der Waals surface area contributed by atoms with E-state index in [2.05, 4.69) is 22.2 Å². The fourth-order valence-corrected chi connectivity index (χ4v) is 3.46. The van der Waals surface area contributed by atoms with Crippen LogP contribution in [0.1, 0.15) is 43.1 Å². The molecule has 0 radical (unpaired) electrons. The molecule has 2 aromatic rings. The number of hydrogen-bond acceptors (Lipinski definition) is 5. The summed E-state index contributed by atoms with van der Waals surface area (Å²) in [6.45, 7) is 6.49. The van der Waals surface area contributed by atoms with Crippen LogP contribution >= 0.6 is 0 Å². The van der Waals surface area contributed by atoms with Crippen molar-refractivity contribution in [2.45, 2.75) is 32.6 Å². The van der Waals surface area contributed by atoms with Crippen LogP contribution in [0.4, 0.5) is 5.82 Å². The lowest BCUT2D eigenvalue weighted by atomic mass is 10.2. The molecule has 3 heterocycles. The molecule has 0 unspecified atom stereocenters. The molecular weight excluding hydrogens is 328 g/mol. The van der Waals surface area contributed by atoms with Crippen LogP contribution in [0.15, 0.2) is 12.1 Å². The highest BCUT2D eigenvalue weighted by Crippen LogP contribution is 2.23. The van der Waals surface area contributed by atoms with Crippen molar-refractivity contribution in [3.63, 3.8) is 0 Å². The number of pyridine rings is 1. The van der Waals surface area contributed by atoms with Gasteiger partial charge in [-0.3, -0.25) is 4.79 Å². The van der Waals surface area contributed by atoms with Gasteiger partial charge in [0.25, 0.3) is 5.91 Å². The van der Waals surface area contributed by atoms with E-state index >= 15 is 0 Å². The molecule has 1 aliphatic rings. The first-order chi connectivity index (χ1) is 12.6. The van der Waals surface area contributed by atoms with E-state index in [1.54, 1.807) is 9.58 Å². The van der Waals surface area contributed by atoms with E-state index in [1.165, 1.54) is 25.7 Å². The number of likely N-dealkylation sites (N-methyl/N-ethyl adjacent to an activating group) is 2. The third-order valence-corrected chi connectivity index (χ3v) is 5.03. The average molecular weight is 358 g/mol. The van der Waals surface area contributed by atoms with Crippen LogP contribution in [0.25, 0.3) is 11.0 Å². The van der Waals surface area contributed by atoms with Gasteiger partial charge in [0.1, 0.15) is 5.82 Å². The van der Waals surface area contributed by atoms with E-state index in [0.29, 0.717) is 12.2 Å². The van der Waals surface area contributed by atoms with Crippen LogP contribution in [0.2, 0.25) is 0 Å². The smallest absolute Gasteiger partial charge is 0.274 e. The molecule has 142 valence electrons. The molecule has 2 aromatic heterocycles. The van der Waals surface area contributed by atoms with Gasteiger partial charge in [0.2, 0.25) is 0 Å². The van der Waals surface area contributed by atoms with Crippen molar-refractivity contribution in [1.82, 2.24) is 25.0 Å². The Morgan fingerprint density at radius 3 is 2.65 bits per heavy atom. The van der Waals surface area contributed by atoms with Gasteiger partial charge in [0, 0.05) is 40.3 Å². The lowest BCUT2D eigenvalue weighted by Crippen LogP contribution is -2.34. The predicted molar refractivity (Wildman–Crippen MR) is 105 cm³/mol. The number of fused-ring (bicyclic) bond motifs is 1. The van der Waals surface area contributed by atoms with Crippen molar-refractivity contribution in [2.75, 3.05) is 44.7 Å². The number of carbonyl (C=O) groups excluding carboxylic acids is 1. The minimum atomic E-state index is -0.0576. The van der Waals surface area contributed by atoms with Gasteiger partial charge in [-0.1, -0.05) is 19.8 Å². The molecule has 7 heteroatoms. The van der Waals surface area contributed by atoms with E-state index in [-0.39, 0.29) is 5.91 Å². The third kappa shape index (κ3) is 3.98. The maximum atomic E-state index is 12.8. The SMILES string of the molecule is CCNCCN(C)C(=O)c1nn(C)c2nc(N3CCCCCC3)ccc12. The zero-order chi connectivity index (χ0) is 18.5. The van der Waals surface area contributed by atoms with Gasteiger partial charge in [0.05, 0.1) is 5.39 Å². The fraction of sp³-hybridized carbons (Fsp3) is 0.632. The highest BCUT2D eigenvalue weighted by molar-refractivity contribution is 6.04. The Hall–Kier alpha value is -2.15. The molecule has 0 atom stereocenters. The molecule has 0 aliphatic carbocycles. The second-order valence-electron chi connectivity index (χ2n) is 6.99. The monoisotopic (exact) mass is 358 g/mol. The molecule has 0 aromatic carbocycles. The number of carbonyl (C=O) groups is 1. The number of rotatable bonds is 6. The molecule has 0 bridgehead atoms. The number of hydrogen-bond donors (Lipinski definition) is 1. The molecule has 0 spiro atoms. The Morgan fingerprint density at radius 2 is 1.96 bits per heavy atom. The number of aromatic nitrogens is 3. The number of anilines is 1. The minimum Gasteiger partial charge on any atom is -0.357 e. The largest absolute Gasteiger partial charge is 0.357 e. The zero-order valence-electron chi connectivity index (χ0n) is 16.2. The molecule has 7 nitrogen and oxygen atoms in total. The quantitative estimate of drug-likeness (QED) is 0.801. The molecule has 1 aliphatic heterocycles. The summed E-state index contributed by atoms with van der Waals surface area (Å²) in [5.41, 5.74) is 1.26. The van der Waals surface area contributed by atoms with Crippen molar-refractivity contribution in [3.8, 4) is 0 Å². The van der Waals surface area contributed by atoms with Gasteiger partial charge >= 0.3 is 0 Å². The van der Waals surface area contributed by atoms with E-state index in [1.807, 2.05) is 26.2 Å². The van der Waals surface area contributed by atoms with Crippen LogP contribution in [0.5, 0.6) is 0 Å². The Labute approximate surface area is 155 Å². The first-order valence-corrected chi connectivity index (χ1v) is 9.66. The summed E-state index contributed by atoms with van der Waals surface area (Å²) in [5.74, 6) is 0.930. The average Bonchev–Trinajstić information content (AvgIpc) is 2.82. The summed E-state index contributed by atoms with van der Waals surface area (Å²) in [6.07, 6.45) is 5.02. The normalized spacial score (nSPS) is 15.3. The standard InChI is InChI=1S/C19H30N6O/c1-4-20-11-14-23(2)19(26)17-15-9-10-16(21-18(15)24(3)22-17)25-12-7-5-6-8-13-25/h9-10,20H,4-8,11-14H2,1-3H3. The first kappa shape index (κ1) is 18.6. The number of nitrogens with one attached hydrogen (secondary N) is 1. The molecule has 1 N–H and O–H groups in total. The topological polar surface area (TPSA) is 66.3 Å².